The number of nitrogens with one attached hydrogen (secondary N) is 1. The second kappa shape index (κ2) is 9.81. The molecular weight excluding hydrogens is 490 g/mol. The number of hydrogen-bond donors (Lipinski definition) is 1. The number of ether oxygens (including phenoxy) is 1. The first kappa shape index (κ1) is 23.9. The van der Waals surface area contributed by atoms with E-state index in [9.17, 15) is 17.6 Å². The lowest BCUT2D eigenvalue weighted by molar-refractivity contribution is 0.0977. The monoisotopic (exact) mass is 508 g/mol. The van der Waals surface area contributed by atoms with Crippen molar-refractivity contribution in [1.29, 1.82) is 0 Å². The highest BCUT2D eigenvalue weighted by Gasteiger charge is 2.22. The van der Waals surface area contributed by atoms with Crippen LogP contribution in [0.1, 0.15) is 23.2 Å². The third-order valence-corrected chi connectivity index (χ3v) is 6.49. The van der Waals surface area contributed by atoms with E-state index in [0.717, 1.165) is 50.0 Å². The highest BCUT2D eigenvalue weighted by atomic mass is 35.5. The van der Waals surface area contributed by atoms with Crippen molar-refractivity contribution in [3.05, 3.63) is 56.8 Å². The Labute approximate surface area is 195 Å². The summed E-state index contributed by atoms with van der Waals surface area (Å²) in [7, 11) is -3.82. The number of piperidine rings is 1. The molecule has 6 nitrogen and oxygen atoms in total. The van der Waals surface area contributed by atoms with Gasteiger partial charge >= 0.3 is 0 Å². The van der Waals surface area contributed by atoms with Gasteiger partial charge in [-0.3, -0.25) is 4.79 Å². The molecule has 3 rings (SSSR count). The molecule has 1 aliphatic rings. The van der Waals surface area contributed by atoms with Gasteiger partial charge in [-0.25, -0.2) is 17.5 Å². The van der Waals surface area contributed by atoms with Crippen molar-refractivity contribution in [3.8, 4) is 5.75 Å². The van der Waals surface area contributed by atoms with Crippen molar-refractivity contribution in [2.75, 3.05) is 30.9 Å². The topological polar surface area (TPSA) is 75.7 Å². The van der Waals surface area contributed by atoms with Crippen molar-refractivity contribution < 1.29 is 22.3 Å². The number of sulfonamides is 1. The van der Waals surface area contributed by atoms with E-state index >= 15 is 0 Å². The number of benzene rings is 2. The molecule has 0 atom stereocenters. The van der Waals surface area contributed by atoms with E-state index < -0.39 is 27.3 Å². The molecule has 1 fully saturated rings. The second-order valence-electron chi connectivity index (χ2n) is 7.31. The summed E-state index contributed by atoms with van der Waals surface area (Å²) in [5, 5.41) is 1.04. The Bertz CT molecular complexity index is 1090. The van der Waals surface area contributed by atoms with Crippen LogP contribution in [-0.4, -0.2) is 40.3 Å². The molecule has 1 saturated heterocycles. The van der Waals surface area contributed by atoms with Crippen molar-refractivity contribution in [3.63, 3.8) is 0 Å². The van der Waals surface area contributed by atoms with Gasteiger partial charge in [0.2, 0.25) is 10.0 Å². The first-order valence-electron chi connectivity index (χ1n) is 9.37. The molecule has 1 heterocycles. The van der Waals surface area contributed by atoms with E-state index in [-0.39, 0.29) is 16.7 Å². The van der Waals surface area contributed by atoms with Gasteiger partial charge in [0, 0.05) is 24.8 Å². The van der Waals surface area contributed by atoms with E-state index in [1.165, 1.54) is 0 Å². The highest BCUT2D eigenvalue weighted by Crippen LogP contribution is 2.32. The molecule has 0 aromatic heterocycles. The van der Waals surface area contributed by atoms with E-state index in [4.69, 9.17) is 39.5 Å². The smallest absolute Gasteiger partial charge is 0.267 e. The number of rotatable bonds is 6. The summed E-state index contributed by atoms with van der Waals surface area (Å²) in [6.45, 7) is 1.95. The van der Waals surface area contributed by atoms with E-state index in [2.05, 4.69) is 4.90 Å². The minimum Gasteiger partial charge on any atom is -0.492 e. The predicted molar refractivity (Wildman–Crippen MR) is 121 cm³/mol. The van der Waals surface area contributed by atoms with Gasteiger partial charge < -0.3 is 9.64 Å². The number of nitrogens with zero attached hydrogens (tertiary/aromatic N) is 1. The van der Waals surface area contributed by atoms with E-state index in [0.29, 0.717) is 16.7 Å². The zero-order valence-corrected chi connectivity index (χ0v) is 19.6. The maximum Gasteiger partial charge on any atom is 0.267 e. The average Bonchev–Trinajstić information content (AvgIpc) is 2.69. The van der Waals surface area contributed by atoms with Crippen LogP contribution in [0.3, 0.4) is 0 Å². The molecule has 1 aliphatic heterocycles. The average molecular weight is 510 g/mol. The molecule has 0 saturated carbocycles. The van der Waals surface area contributed by atoms with Gasteiger partial charge in [-0.1, -0.05) is 34.8 Å². The fourth-order valence-electron chi connectivity index (χ4n) is 3.28. The minimum absolute atomic E-state index is 0.0216. The fraction of sp³-hybridized carbons (Fsp3) is 0.350. The van der Waals surface area contributed by atoms with Crippen LogP contribution in [0.4, 0.5) is 10.1 Å². The first-order chi connectivity index (χ1) is 14.5. The summed E-state index contributed by atoms with van der Waals surface area (Å²) in [5.74, 6) is -1.67. The van der Waals surface area contributed by atoms with Crippen LogP contribution in [0.5, 0.6) is 5.75 Å². The van der Waals surface area contributed by atoms with Crippen molar-refractivity contribution in [1.82, 2.24) is 4.72 Å². The van der Waals surface area contributed by atoms with Gasteiger partial charge in [-0.05, 0) is 43.0 Å². The van der Waals surface area contributed by atoms with Gasteiger partial charge in [0.05, 0.1) is 33.5 Å². The molecular formula is C20H20Cl3FN2O4S. The molecule has 168 valence electrons. The number of anilines is 1. The van der Waals surface area contributed by atoms with Crippen molar-refractivity contribution in [2.24, 2.45) is 5.92 Å². The number of halogens is 4. The van der Waals surface area contributed by atoms with Crippen LogP contribution in [0, 0.1) is 11.7 Å². The summed E-state index contributed by atoms with van der Waals surface area (Å²) >= 11 is 18.2. The van der Waals surface area contributed by atoms with Crippen molar-refractivity contribution >= 4 is 56.4 Å². The summed E-state index contributed by atoms with van der Waals surface area (Å²) in [4.78, 5) is 14.1. The molecule has 1 N–H and O–H groups in total. The van der Waals surface area contributed by atoms with Gasteiger partial charge in [0.1, 0.15) is 11.6 Å². The molecule has 31 heavy (non-hydrogen) atoms. The Morgan fingerprint density at radius 3 is 2.42 bits per heavy atom. The molecule has 2 aromatic rings. The lowest BCUT2D eigenvalue weighted by Gasteiger charge is -2.33. The van der Waals surface area contributed by atoms with Crippen LogP contribution in [-0.2, 0) is 10.0 Å². The zero-order chi connectivity index (χ0) is 22.8. The maximum absolute atomic E-state index is 14.3. The standard InChI is InChI=1S/C20H20Cl3FN2O4S/c1-31(28,29)25-20(27)14-9-17(23)19(10-18(14)24)30-11-12-4-6-26(7-5-12)13-2-3-15(21)16(22)8-13/h2-3,8-10,12H,4-7,11H2,1H3,(H,25,27). The Kier molecular flexibility index (Phi) is 7.57. The van der Waals surface area contributed by atoms with Crippen LogP contribution in [0.25, 0.3) is 0 Å². The van der Waals surface area contributed by atoms with Gasteiger partial charge in [0.25, 0.3) is 5.91 Å². The Morgan fingerprint density at radius 1 is 1.13 bits per heavy atom. The minimum atomic E-state index is -3.82. The molecule has 2 aromatic carbocycles. The molecule has 0 spiro atoms. The fourth-order valence-corrected chi connectivity index (χ4v) is 4.24. The Morgan fingerprint density at radius 2 is 1.81 bits per heavy atom. The number of carbonyl (C=O) groups excluding carboxylic acids is 1. The normalized spacial score (nSPS) is 15.1. The molecule has 0 aliphatic carbocycles. The molecule has 1 amide bonds. The van der Waals surface area contributed by atoms with Crippen molar-refractivity contribution in [2.45, 2.75) is 12.8 Å². The molecule has 0 bridgehead atoms. The second-order valence-corrected chi connectivity index (χ2v) is 10.3. The maximum atomic E-state index is 14.3. The van der Waals surface area contributed by atoms with Crippen LogP contribution < -0.4 is 14.4 Å². The highest BCUT2D eigenvalue weighted by molar-refractivity contribution is 7.89. The molecule has 0 unspecified atom stereocenters. The summed E-state index contributed by atoms with van der Waals surface area (Å²) in [5.41, 5.74) is 0.527. The predicted octanol–water partition coefficient (Wildman–Crippen LogP) is 4.77. The van der Waals surface area contributed by atoms with Gasteiger partial charge in [-0.2, -0.15) is 0 Å². The van der Waals surface area contributed by atoms with E-state index in [1.54, 1.807) is 10.8 Å². The number of hydrogen-bond acceptors (Lipinski definition) is 5. The number of carbonyl (C=O) groups is 1. The zero-order valence-electron chi connectivity index (χ0n) is 16.5. The third-order valence-electron chi connectivity index (χ3n) is 4.90. The lowest BCUT2D eigenvalue weighted by Crippen LogP contribution is -2.35. The largest absolute Gasteiger partial charge is 0.492 e. The van der Waals surface area contributed by atoms with Crippen LogP contribution in [0.2, 0.25) is 15.1 Å². The lowest BCUT2D eigenvalue weighted by atomic mass is 9.97. The third kappa shape index (κ3) is 6.38. The molecule has 11 heteroatoms. The Hall–Kier alpha value is -1.74. The van der Waals surface area contributed by atoms with E-state index in [1.807, 2.05) is 12.1 Å². The Balaban J connectivity index is 1.57. The quantitative estimate of drug-likeness (QED) is 0.607. The summed E-state index contributed by atoms with van der Waals surface area (Å²) < 4.78 is 44.0. The van der Waals surface area contributed by atoms with Gasteiger partial charge in [-0.15, -0.1) is 0 Å². The van der Waals surface area contributed by atoms with Crippen LogP contribution >= 0.6 is 34.8 Å². The molecule has 0 radical (unpaired) electrons. The first-order valence-corrected chi connectivity index (χ1v) is 12.4. The SMILES string of the molecule is CS(=O)(=O)NC(=O)c1cc(Cl)c(OCC2CCN(c3ccc(Cl)c(Cl)c3)CC2)cc1F. The summed E-state index contributed by atoms with van der Waals surface area (Å²) in [6.07, 6.45) is 2.51. The van der Waals surface area contributed by atoms with Gasteiger partial charge in [0.15, 0.2) is 0 Å². The number of amides is 1. The van der Waals surface area contributed by atoms with Crippen LogP contribution in [0.15, 0.2) is 30.3 Å². The summed E-state index contributed by atoms with van der Waals surface area (Å²) in [6, 6.07) is 7.58.